The highest BCUT2D eigenvalue weighted by molar-refractivity contribution is 5.23. The minimum Gasteiger partial charge on any atom is -0.396 e. The molecule has 0 aliphatic heterocycles. The number of rotatable bonds is 4. The summed E-state index contributed by atoms with van der Waals surface area (Å²) >= 11 is 0. The van der Waals surface area contributed by atoms with Crippen molar-refractivity contribution in [3.05, 3.63) is 35.6 Å². The van der Waals surface area contributed by atoms with Crippen LogP contribution in [0.1, 0.15) is 30.7 Å². The summed E-state index contributed by atoms with van der Waals surface area (Å²) < 4.78 is 13.5. The Morgan fingerprint density at radius 1 is 1.36 bits per heavy atom. The molecule has 2 heteroatoms. The molecule has 0 amide bonds. The van der Waals surface area contributed by atoms with Gasteiger partial charge >= 0.3 is 0 Å². The van der Waals surface area contributed by atoms with Crippen molar-refractivity contribution in [3.8, 4) is 0 Å². The Hall–Kier alpha value is -0.890. The maximum absolute atomic E-state index is 13.5. The first-order chi connectivity index (χ1) is 6.83. The van der Waals surface area contributed by atoms with E-state index in [4.69, 9.17) is 5.11 Å². The van der Waals surface area contributed by atoms with Crippen LogP contribution in [0.4, 0.5) is 4.39 Å². The summed E-state index contributed by atoms with van der Waals surface area (Å²) in [6.45, 7) is 0.148. The van der Waals surface area contributed by atoms with Gasteiger partial charge in [0.2, 0.25) is 0 Å². The summed E-state index contributed by atoms with van der Waals surface area (Å²) in [7, 11) is 0. The maximum atomic E-state index is 13.5. The van der Waals surface area contributed by atoms with Gasteiger partial charge in [0, 0.05) is 6.61 Å². The first kappa shape index (κ1) is 9.66. The molecule has 0 bridgehead atoms. The topological polar surface area (TPSA) is 20.2 Å². The van der Waals surface area contributed by atoms with Gasteiger partial charge in [-0.05, 0) is 42.7 Å². The van der Waals surface area contributed by atoms with Crippen molar-refractivity contribution in [2.45, 2.75) is 25.2 Å². The van der Waals surface area contributed by atoms with Gasteiger partial charge in [-0.25, -0.2) is 4.39 Å². The van der Waals surface area contributed by atoms with Crippen molar-refractivity contribution in [2.75, 3.05) is 6.61 Å². The molecule has 1 aliphatic rings. The average Bonchev–Trinajstić information content (AvgIpc) is 2.99. The molecule has 1 N–H and O–H groups in total. The molecule has 0 radical (unpaired) electrons. The number of hydrogen-bond acceptors (Lipinski definition) is 1. The third kappa shape index (κ3) is 1.95. The number of hydrogen-bond donors (Lipinski definition) is 1. The standard InChI is InChI=1S/C12H15FO/c13-12-4-2-1-3-11(12)10(7-8-14)9-5-6-9/h1-4,9-10,14H,5-8H2. The van der Waals surface area contributed by atoms with Crippen LogP contribution in [0.5, 0.6) is 0 Å². The average molecular weight is 194 g/mol. The van der Waals surface area contributed by atoms with E-state index in [9.17, 15) is 4.39 Å². The van der Waals surface area contributed by atoms with Gasteiger partial charge in [0.1, 0.15) is 5.82 Å². The molecule has 14 heavy (non-hydrogen) atoms. The smallest absolute Gasteiger partial charge is 0.126 e. The lowest BCUT2D eigenvalue weighted by Gasteiger charge is -2.15. The fourth-order valence-corrected chi connectivity index (χ4v) is 2.06. The second-order valence-electron chi connectivity index (χ2n) is 3.98. The molecule has 1 aliphatic carbocycles. The molecule has 1 unspecified atom stereocenters. The van der Waals surface area contributed by atoms with Crippen LogP contribution < -0.4 is 0 Å². The minimum absolute atomic E-state index is 0.127. The predicted molar refractivity (Wildman–Crippen MR) is 53.6 cm³/mol. The fourth-order valence-electron chi connectivity index (χ4n) is 2.06. The highest BCUT2D eigenvalue weighted by Crippen LogP contribution is 2.44. The Balaban J connectivity index is 2.21. The van der Waals surface area contributed by atoms with E-state index in [-0.39, 0.29) is 18.3 Å². The van der Waals surface area contributed by atoms with Crippen LogP contribution in [0.3, 0.4) is 0 Å². The zero-order valence-corrected chi connectivity index (χ0v) is 8.12. The first-order valence-electron chi connectivity index (χ1n) is 5.18. The summed E-state index contributed by atoms with van der Waals surface area (Å²) in [5.74, 6) is 0.693. The molecule has 1 saturated carbocycles. The van der Waals surface area contributed by atoms with Crippen LogP contribution in [-0.2, 0) is 0 Å². The van der Waals surface area contributed by atoms with Crippen molar-refractivity contribution in [1.82, 2.24) is 0 Å². The molecule has 1 fully saturated rings. The Bertz CT molecular complexity index is 307. The summed E-state index contributed by atoms with van der Waals surface area (Å²) in [6, 6.07) is 6.92. The van der Waals surface area contributed by atoms with Gasteiger partial charge < -0.3 is 5.11 Å². The van der Waals surface area contributed by atoms with Crippen molar-refractivity contribution in [2.24, 2.45) is 5.92 Å². The lowest BCUT2D eigenvalue weighted by molar-refractivity contribution is 0.268. The summed E-state index contributed by atoms with van der Waals surface area (Å²) in [5, 5.41) is 8.94. The van der Waals surface area contributed by atoms with Gasteiger partial charge in [-0.2, -0.15) is 0 Å². The van der Waals surface area contributed by atoms with Gasteiger partial charge in [-0.15, -0.1) is 0 Å². The number of aliphatic hydroxyl groups excluding tert-OH is 1. The third-order valence-corrected chi connectivity index (χ3v) is 2.94. The van der Waals surface area contributed by atoms with Crippen LogP contribution >= 0.6 is 0 Å². The lowest BCUT2D eigenvalue weighted by Crippen LogP contribution is -2.06. The molecule has 1 nitrogen and oxygen atoms in total. The maximum Gasteiger partial charge on any atom is 0.126 e. The second kappa shape index (κ2) is 4.09. The molecule has 0 saturated heterocycles. The molecular formula is C12H15FO. The molecule has 1 aromatic carbocycles. The highest BCUT2D eigenvalue weighted by atomic mass is 19.1. The molecule has 1 atom stereocenters. The zero-order chi connectivity index (χ0) is 9.97. The van der Waals surface area contributed by atoms with Crippen LogP contribution in [0, 0.1) is 11.7 Å². The minimum atomic E-state index is -0.127. The summed E-state index contributed by atoms with van der Waals surface area (Å²) in [5.41, 5.74) is 0.782. The Kier molecular flexibility index (Phi) is 2.82. The fraction of sp³-hybridized carbons (Fsp3) is 0.500. The molecular weight excluding hydrogens is 179 g/mol. The predicted octanol–water partition coefficient (Wildman–Crippen LogP) is 2.70. The van der Waals surface area contributed by atoms with E-state index in [1.54, 1.807) is 6.07 Å². The van der Waals surface area contributed by atoms with Crippen molar-refractivity contribution in [3.63, 3.8) is 0 Å². The van der Waals surface area contributed by atoms with Crippen LogP contribution in [0.25, 0.3) is 0 Å². The monoisotopic (exact) mass is 194 g/mol. The Morgan fingerprint density at radius 2 is 2.07 bits per heavy atom. The molecule has 2 rings (SSSR count). The van der Waals surface area contributed by atoms with Gasteiger partial charge in [-0.1, -0.05) is 18.2 Å². The molecule has 0 heterocycles. The molecule has 1 aromatic rings. The van der Waals surface area contributed by atoms with Gasteiger partial charge in [0.15, 0.2) is 0 Å². The highest BCUT2D eigenvalue weighted by Gasteiger charge is 2.32. The zero-order valence-electron chi connectivity index (χ0n) is 8.12. The Morgan fingerprint density at radius 3 is 2.64 bits per heavy atom. The van der Waals surface area contributed by atoms with Gasteiger partial charge in [-0.3, -0.25) is 0 Å². The molecule has 0 aromatic heterocycles. The summed E-state index contributed by atoms with van der Waals surface area (Å²) in [6.07, 6.45) is 3.05. The largest absolute Gasteiger partial charge is 0.396 e. The van der Waals surface area contributed by atoms with E-state index in [1.165, 1.54) is 18.9 Å². The number of benzene rings is 1. The van der Waals surface area contributed by atoms with Crippen molar-refractivity contribution in [1.29, 1.82) is 0 Å². The van der Waals surface area contributed by atoms with E-state index < -0.39 is 0 Å². The molecule has 76 valence electrons. The Labute approximate surface area is 83.6 Å². The van der Waals surface area contributed by atoms with Crippen molar-refractivity contribution < 1.29 is 9.50 Å². The summed E-state index contributed by atoms with van der Waals surface area (Å²) in [4.78, 5) is 0. The van der Waals surface area contributed by atoms with Crippen LogP contribution in [0.2, 0.25) is 0 Å². The third-order valence-electron chi connectivity index (χ3n) is 2.94. The quantitative estimate of drug-likeness (QED) is 0.781. The first-order valence-corrected chi connectivity index (χ1v) is 5.18. The van der Waals surface area contributed by atoms with E-state index in [2.05, 4.69) is 0 Å². The van der Waals surface area contributed by atoms with E-state index in [1.807, 2.05) is 12.1 Å². The normalized spacial score (nSPS) is 18.1. The van der Waals surface area contributed by atoms with E-state index in [0.29, 0.717) is 12.3 Å². The molecule has 0 spiro atoms. The number of aliphatic hydroxyl groups is 1. The SMILES string of the molecule is OCCC(c1ccccc1F)C1CC1. The number of halogens is 1. The van der Waals surface area contributed by atoms with Gasteiger partial charge in [0.05, 0.1) is 0 Å². The van der Waals surface area contributed by atoms with Crippen LogP contribution in [-0.4, -0.2) is 11.7 Å². The van der Waals surface area contributed by atoms with E-state index >= 15 is 0 Å². The van der Waals surface area contributed by atoms with Crippen LogP contribution in [0.15, 0.2) is 24.3 Å². The van der Waals surface area contributed by atoms with E-state index in [0.717, 1.165) is 5.56 Å². The van der Waals surface area contributed by atoms with Gasteiger partial charge in [0.25, 0.3) is 0 Å². The lowest BCUT2D eigenvalue weighted by atomic mass is 9.91. The van der Waals surface area contributed by atoms with Crippen molar-refractivity contribution >= 4 is 0 Å². The second-order valence-corrected chi connectivity index (χ2v) is 3.98.